The number of fused-ring (bicyclic) bond motifs is 3. The first-order valence-corrected chi connectivity index (χ1v) is 11.8. The molecule has 1 amide bonds. The molecule has 0 bridgehead atoms. The van der Waals surface area contributed by atoms with E-state index in [0.29, 0.717) is 11.1 Å². The number of Topliss-reactive ketones (excluding diaryl/α,β-unsaturated/α-hetero) is 2. The SMILES string of the molecule is CN(C)[C@H]1C(O)C(C(N)=O)C(=O)[C@]2(O)C(=O)C3=C(O)c4c(O)c(N)cc(C5=CCC=C5)c4C[C@@H]3C[C@H]12. The van der Waals surface area contributed by atoms with E-state index in [1.165, 1.54) is 0 Å². The number of aromatic hydroxyl groups is 1. The van der Waals surface area contributed by atoms with Crippen LogP contribution in [0.2, 0.25) is 0 Å². The summed E-state index contributed by atoms with van der Waals surface area (Å²) in [5.41, 5.74) is 10.7. The van der Waals surface area contributed by atoms with Crippen LogP contribution < -0.4 is 11.5 Å². The zero-order valence-electron chi connectivity index (χ0n) is 19.9. The molecule has 2 unspecified atom stereocenters. The maximum atomic E-state index is 13.9. The molecule has 0 radical (unpaired) electrons. The molecule has 2 saturated carbocycles. The number of nitrogens with two attached hydrogens (primary N) is 2. The van der Waals surface area contributed by atoms with Crippen molar-refractivity contribution < 1.29 is 34.8 Å². The van der Waals surface area contributed by atoms with Gasteiger partial charge < -0.3 is 36.8 Å². The number of aliphatic hydroxyl groups is 3. The van der Waals surface area contributed by atoms with Crippen molar-refractivity contribution in [1.82, 2.24) is 4.90 Å². The van der Waals surface area contributed by atoms with Crippen molar-refractivity contribution in [3.63, 3.8) is 0 Å². The molecular weight excluding hydrogens is 466 g/mol. The van der Waals surface area contributed by atoms with Crippen molar-refractivity contribution >= 4 is 34.5 Å². The number of phenolic OH excluding ortho intramolecular Hbond substituents is 1. The smallest absolute Gasteiger partial charge is 0.230 e. The molecule has 10 nitrogen and oxygen atoms in total. The first-order valence-electron chi connectivity index (χ1n) is 11.8. The number of hydrogen-bond donors (Lipinski definition) is 6. The van der Waals surface area contributed by atoms with Crippen molar-refractivity contribution in [3.8, 4) is 5.75 Å². The molecule has 6 atom stereocenters. The predicted octanol–water partition coefficient (Wildman–Crippen LogP) is 0.0545. The van der Waals surface area contributed by atoms with E-state index in [9.17, 15) is 34.8 Å². The average molecular weight is 496 g/mol. The summed E-state index contributed by atoms with van der Waals surface area (Å²) in [7, 11) is 3.23. The number of ketones is 2. The third-order valence-electron chi connectivity index (χ3n) is 8.20. The van der Waals surface area contributed by atoms with Crippen molar-refractivity contribution in [2.24, 2.45) is 23.5 Å². The standard InChI is InChI=1S/C26H29N3O7/c1-29(2)19-14-8-11-7-13-12(10-5-3-4-6-10)9-15(27)20(30)17(13)21(31)16(11)23(33)26(14,36)24(34)18(22(19)32)25(28)35/h3,5-6,9,11,14,18-19,22,30-32,36H,4,7-8,27H2,1-2H3,(H2,28,35)/t11-,14-,18?,19-,22?,26-/m1/s1. The van der Waals surface area contributed by atoms with Crippen LogP contribution in [0, 0.1) is 17.8 Å². The van der Waals surface area contributed by atoms with E-state index in [2.05, 4.69) is 0 Å². The maximum Gasteiger partial charge on any atom is 0.230 e. The number of allylic oxidation sites excluding steroid dienone is 4. The van der Waals surface area contributed by atoms with Gasteiger partial charge in [0.05, 0.1) is 17.4 Å². The number of primary amides is 1. The van der Waals surface area contributed by atoms with Gasteiger partial charge in [0.2, 0.25) is 11.7 Å². The minimum absolute atomic E-state index is 0.00764. The van der Waals surface area contributed by atoms with Crippen LogP contribution in [-0.2, 0) is 20.8 Å². The van der Waals surface area contributed by atoms with Gasteiger partial charge in [-0.2, -0.15) is 0 Å². The number of rotatable bonds is 3. The number of amides is 1. The quantitative estimate of drug-likeness (QED) is 0.191. The molecule has 0 saturated heterocycles. The molecule has 190 valence electrons. The monoisotopic (exact) mass is 495 g/mol. The zero-order chi connectivity index (χ0) is 26.3. The maximum absolute atomic E-state index is 13.9. The summed E-state index contributed by atoms with van der Waals surface area (Å²) in [6.45, 7) is 0. The van der Waals surface area contributed by atoms with Gasteiger partial charge in [-0.25, -0.2) is 0 Å². The van der Waals surface area contributed by atoms with Gasteiger partial charge in [-0.1, -0.05) is 18.2 Å². The Morgan fingerprint density at radius 2 is 1.92 bits per heavy atom. The van der Waals surface area contributed by atoms with E-state index in [0.717, 1.165) is 12.0 Å². The van der Waals surface area contributed by atoms with Crippen LogP contribution in [0.3, 0.4) is 0 Å². The Labute approximate surface area is 207 Å². The summed E-state index contributed by atoms with van der Waals surface area (Å²) in [6.07, 6.45) is 5.35. The van der Waals surface area contributed by atoms with Crippen molar-refractivity contribution in [2.75, 3.05) is 19.8 Å². The molecule has 0 aromatic heterocycles. The highest BCUT2D eigenvalue weighted by molar-refractivity contribution is 6.25. The number of benzene rings is 1. The second-order valence-electron chi connectivity index (χ2n) is 10.3. The van der Waals surface area contributed by atoms with E-state index < -0.39 is 64.5 Å². The lowest BCUT2D eigenvalue weighted by atomic mass is 9.54. The van der Waals surface area contributed by atoms with Crippen LogP contribution in [0.4, 0.5) is 5.69 Å². The van der Waals surface area contributed by atoms with Crippen LogP contribution in [0.25, 0.3) is 11.3 Å². The van der Waals surface area contributed by atoms with Crippen LogP contribution >= 0.6 is 0 Å². The van der Waals surface area contributed by atoms with Gasteiger partial charge in [-0.05, 0) is 62.0 Å². The van der Waals surface area contributed by atoms with Crippen molar-refractivity contribution in [2.45, 2.75) is 37.0 Å². The summed E-state index contributed by atoms with van der Waals surface area (Å²) < 4.78 is 0. The van der Waals surface area contributed by atoms with E-state index in [-0.39, 0.29) is 29.7 Å². The molecule has 5 rings (SSSR count). The highest BCUT2D eigenvalue weighted by Gasteiger charge is 2.67. The van der Waals surface area contributed by atoms with Gasteiger partial charge in [0.15, 0.2) is 11.4 Å². The molecule has 36 heavy (non-hydrogen) atoms. The first kappa shape index (κ1) is 24.2. The Morgan fingerprint density at radius 1 is 1.22 bits per heavy atom. The number of carbonyl (C=O) groups excluding carboxylic acids is 3. The average Bonchev–Trinajstić information content (AvgIpc) is 3.33. The molecule has 1 aromatic rings. The van der Waals surface area contributed by atoms with E-state index in [4.69, 9.17) is 11.5 Å². The highest BCUT2D eigenvalue weighted by atomic mass is 16.3. The number of anilines is 1. The second-order valence-corrected chi connectivity index (χ2v) is 10.3. The molecule has 8 N–H and O–H groups in total. The minimum atomic E-state index is -2.68. The van der Waals surface area contributed by atoms with Crippen LogP contribution in [0.15, 0.2) is 29.9 Å². The molecule has 2 fully saturated rings. The lowest BCUT2D eigenvalue weighted by Gasteiger charge is -2.53. The molecule has 0 aliphatic heterocycles. The summed E-state index contributed by atoms with van der Waals surface area (Å²) in [4.78, 5) is 40.9. The van der Waals surface area contributed by atoms with Gasteiger partial charge in [0.1, 0.15) is 17.4 Å². The number of carbonyl (C=O) groups is 3. The number of likely N-dealkylation sites (N-methyl/N-ethyl adjacent to an activating group) is 1. The van der Waals surface area contributed by atoms with Gasteiger partial charge in [0.25, 0.3) is 0 Å². The third kappa shape index (κ3) is 3.04. The Bertz CT molecular complexity index is 1310. The Hall–Kier alpha value is -3.47. The van der Waals surface area contributed by atoms with Crippen molar-refractivity contribution in [3.05, 3.63) is 46.6 Å². The van der Waals surface area contributed by atoms with Gasteiger partial charge in [-0.15, -0.1) is 0 Å². The second kappa shape index (κ2) is 8.02. The Morgan fingerprint density at radius 3 is 2.50 bits per heavy atom. The normalized spacial score (nSPS) is 33.4. The zero-order valence-corrected chi connectivity index (χ0v) is 19.9. The molecule has 1 aromatic carbocycles. The first-order chi connectivity index (χ1) is 16.9. The third-order valence-corrected chi connectivity index (χ3v) is 8.20. The number of nitrogen functional groups attached to an aromatic ring is 1. The summed E-state index contributed by atoms with van der Waals surface area (Å²) in [5.74, 6) is -7.80. The highest BCUT2D eigenvalue weighted by Crippen LogP contribution is 2.53. The van der Waals surface area contributed by atoms with Gasteiger partial charge in [0, 0.05) is 17.5 Å². The van der Waals surface area contributed by atoms with Gasteiger partial charge >= 0.3 is 0 Å². The van der Waals surface area contributed by atoms with E-state index >= 15 is 0 Å². The number of aliphatic hydroxyl groups excluding tert-OH is 2. The van der Waals surface area contributed by atoms with E-state index in [1.807, 2.05) is 18.2 Å². The molecular formula is C26H29N3O7. The summed E-state index contributed by atoms with van der Waals surface area (Å²) in [6, 6.07) is 0.696. The molecule has 10 heteroatoms. The van der Waals surface area contributed by atoms with E-state index in [1.54, 1.807) is 25.1 Å². The number of hydrogen-bond acceptors (Lipinski definition) is 9. The fraction of sp³-hybridized carbons (Fsp3) is 0.423. The fourth-order valence-corrected chi connectivity index (χ4v) is 6.61. The van der Waals surface area contributed by atoms with Crippen molar-refractivity contribution in [1.29, 1.82) is 0 Å². The molecule has 0 spiro atoms. The van der Waals surface area contributed by atoms with Crippen LogP contribution in [-0.4, -0.2) is 74.6 Å². The topological polar surface area (TPSA) is 187 Å². The Balaban J connectivity index is 1.72. The fourth-order valence-electron chi connectivity index (χ4n) is 6.61. The number of nitrogens with zero attached hydrogens (tertiary/aromatic N) is 1. The minimum Gasteiger partial charge on any atom is -0.507 e. The van der Waals surface area contributed by atoms with Gasteiger partial charge in [-0.3, -0.25) is 14.4 Å². The van der Waals surface area contributed by atoms with Crippen LogP contribution in [0.5, 0.6) is 5.75 Å². The molecule has 0 heterocycles. The number of phenols is 1. The summed E-state index contributed by atoms with van der Waals surface area (Å²) in [5, 5.41) is 44.7. The largest absolute Gasteiger partial charge is 0.507 e. The molecule has 4 aliphatic carbocycles. The summed E-state index contributed by atoms with van der Waals surface area (Å²) >= 11 is 0. The lowest BCUT2D eigenvalue weighted by Crippen LogP contribution is -2.73. The van der Waals surface area contributed by atoms with Crippen LogP contribution in [0.1, 0.15) is 29.5 Å². The Kier molecular flexibility index (Phi) is 5.40. The molecule has 4 aliphatic rings. The lowest BCUT2D eigenvalue weighted by molar-refractivity contribution is -0.184. The predicted molar refractivity (Wildman–Crippen MR) is 130 cm³/mol.